The van der Waals surface area contributed by atoms with Crippen molar-refractivity contribution in [3.05, 3.63) is 59.4 Å². The number of para-hydroxylation sites is 1. The minimum absolute atomic E-state index is 0.0183. The molecule has 1 aromatic heterocycles. The van der Waals surface area contributed by atoms with E-state index in [0.717, 1.165) is 35.2 Å². The molecule has 1 heterocycles. The number of aromatic nitrogens is 1. The molecule has 0 unspecified atom stereocenters. The number of hydrogen-bond acceptors (Lipinski definition) is 3. The first-order valence-corrected chi connectivity index (χ1v) is 8.61. The molecule has 0 radical (unpaired) electrons. The highest BCUT2D eigenvalue weighted by molar-refractivity contribution is 5.98. The third kappa shape index (κ3) is 4.89. The lowest BCUT2D eigenvalue weighted by molar-refractivity contribution is -0.123. The van der Waals surface area contributed by atoms with Gasteiger partial charge in [0.2, 0.25) is 11.8 Å². The van der Waals surface area contributed by atoms with Crippen LogP contribution >= 0.6 is 0 Å². The van der Waals surface area contributed by atoms with Crippen LogP contribution in [0.1, 0.15) is 37.5 Å². The van der Waals surface area contributed by atoms with Crippen LogP contribution in [0.5, 0.6) is 0 Å². The van der Waals surface area contributed by atoms with Gasteiger partial charge in [0, 0.05) is 25.9 Å². The molecule has 132 valence electrons. The lowest BCUT2D eigenvalue weighted by atomic mass is 10.0. The second-order valence-corrected chi connectivity index (χ2v) is 5.87. The quantitative estimate of drug-likeness (QED) is 0.844. The molecule has 2 amide bonds. The summed E-state index contributed by atoms with van der Waals surface area (Å²) in [5.74, 6) is -0.311. The number of pyridine rings is 1. The van der Waals surface area contributed by atoms with Crippen LogP contribution in [-0.4, -0.2) is 23.3 Å². The number of rotatable bonds is 7. The molecule has 2 rings (SSSR count). The third-order valence-corrected chi connectivity index (χ3v) is 4.16. The number of nitrogens with one attached hydrogen (secondary N) is 1. The van der Waals surface area contributed by atoms with Crippen molar-refractivity contribution in [2.45, 2.75) is 40.2 Å². The summed E-state index contributed by atoms with van der Waals surface area (Å²) in [6.45, 7) is 6.05. The second-order valence-electron chi connectivity index (χ2n) is 5.87. The van der Waals surface area contributed by atoms with Gasteiger partial charge in [0.15, 0.2) is 0 Å². The fraction of sp³-hybridized carbons (Fsp3) is 0.350. The number of aryl methyl sites for hydroxylation is 2. The second kappa shape index (κ2) is 8.97. The molecule has 5 nitrogen and oxygen atoms in total. The molecule has 0 bridgehead atoms. The molecule has 0 saturated heterocycles. The van der Waals surface area contributed by atoms with Crippen molar-refractivity contribution in [3.63, 3.8) is 0 Å². The Morgan fingerprint density at radius 2 is 1.64 bits per heavy atom. The van der Waals surface area contributed by atoms with Crippen molar-refractivity contribution in [2.75, 3.05) is 11.4 Å². The first-order chi connectivity index (χ1) is 12.1. The van der Waals surface area contributed by atoms with E-state index in [2.05, 4.69) is 24.1 Å². The maximum Gasteiger partial charge on any atom is 0.240 e. The average molecular weight is 339 g/mol. The van der Waals surface area contributed by atoms with Gasteiger partial charge >= 0.3 is 0 Å². The van der Waals surface area contributed by atoms with Crippen molar-refractivity contribution in [2.24, 2.45) is 0 Å². The molecule has 0 aliphatic heterocycles. The maximum atomic E-state index is 12.4. The summed E-state index contributed by atoms with van der Waals surface area (Å²) in [4.78, 5) is 30.2. The molecule has 5 heteroatoms. The minimum Gasteiger partial charge on any atom is -0.350 e. The molecule has 2 aromatic rings. The Labute approximate surface area is 149 Å². The molecule has 0 atom stereocenters. The van der Waals surface area contributed by atoms with Crippen LogP contribution in [0.15, 0.2) is 42.7 Å². The van der Waals surface area contributed by atoms with E-state index in [1.807, 2.05) is 30.3 Å². The molecule has 0 saturated carbocycles. The number of hydrogen-bond donors (Lipinski definition) is 1. The molecule has 1 aromatic carbocycles. The van der Waals surface area contributed by atoms with Gasteiger partial charge in [0.05, 0.1) is 5.69 Å². The topological polar surface area (TPSA) is 62.3 Å². The van der Waals surface area contributed by atoms with Crippen molar-refractivity contribution in [1.82, 2.24) is 10.3 Å². The molecule has 25 heavy (non-hydrogen) atoms. The number of nitrogens with zero attached hydrogens (tertiary/aromatic N) is 2. The molecule has 1 N–H and O–H groups in total. The van der Waals surface area contributed by atoms with Crippen LogP contribution in [0.25, 0.3) is 0 Å². The highest BCUT2D eigenvalue weighted by Gasteiger charge is 2.20. The fourth-order valence-corrected chi connectivity index (χ4v) is 2.81. The summed E-state index contributed by atoms with van der Waals surface area (Å²) in [7, 11) is 0. The Hall–Kier alpha value is -2.69. The largest absolute Gasteiger partial charge is 0.350 e. The van der Waals surface area contributed by atoms with E-state index in [9.17, 15) is 9.59 Å². The summed E-state index contributed by atoms with van der Waals surface area (Å²) in [6.07, 6.45) is 5.00. The standard InChI is InChI=1S/C20H25N3O2/c1-4-17-7-6-8-18(5-2)20(17)23(15(3)24)14-19(25)22-13-16-9-11-21-12-10-16/h6-12H,4-5,13-14H2,1-3H3,(H,22,25). The SMILES string of the molecule is CCc1cccc(CC)c1N(CC(=O)NCc1ccncc1)C(C)=O. The molecular weight excluding hydrogens is 314 g/mol. The van der Waals surface area contributed by atoms with Gasteiger partial charge in [0.1, 0.15) is 6.54 Å². The van der Waals surface area contributed by atoms with Gasteiger partial charge in [-0.1, -0.05) is 32.0 Å². The van der Waals surface area contributed by atoms with Crippen LogP contribution in [0.4, 0.5) is 5.69 Å². The highest BCUT2D eigenvalue weighted by Crippen LogP contribution is 2.27. The van der Waals surface area contributed by atoms with Gasteiger partial charge in [-0.2, -0.15) is 0 Å². The van der Waals surface area contributed by atoms with E-state index in [0.29, 0.717) is 6.54 Å². The van der Waals surface area contributed by atoms with Gasteiger partial charge < -0.3 is 10.2 Å². The summed E-state index contributed by atoms with van der Waals surface area (Å²) in [5.41, 5.74) is 4.01. The molecular formula is C20H25N3O2. The van der Waals surface area contributed by atoms with Gasteiger partial charge in [-0.15, -0.1) is 0 Å². The minimum atomic E-state index is -0.181. The number of anilines is 1. The maximum absolute atomic E-state index is 12.4. The van der Waals surface area contributed by atoms with E-state index >= 15 is 0 Å². The zero-order chi connectivity index (χ0) is 18.2. The van der Waals surface area contributed by atoms with Crippen molar-refractivity contribution < 1.29 is 9.59 Å². The Bertz CT molecular complexity index is 707. The Kier molecular flexibility index (Phi) is 6.69. The monoisotopic (exact) mass is 339 g/mol. The van der Waals surface area contributed by atoms with Crippen LogP contribution in [0.3, 0.4) is 0 Å². The number of amides is 2. The van der Waals surface area contributed by atoms with E-state index < -0.39 is 0 Å². The fourth-order valence-electron chi connectivity index (χ4n) is 2.81. The van der Waals surface area contributed by atoms with Crippen LogP contribution in [0, 0.1) is 0 Å². The lowest BCUT2D eigenvalue weighted by Crippen LogP contribution is -2.40. The van der Waals surface area contributed by atoms with Crippen LogP contribution < -0.4 is 10.2 Å². The molecule has 0 fully saturated rings. The number of carbonyl (C=O) groups excluding carboxylic acids is 2. The van der Waals surface area contributed by atoms with Crippen molar-refractivity contribution in [1.29, 1.82) is 0 Å². The van der Waals surface area contributed by atoms with Gasteiger partial charge in [0.25, 0.3) is 0 Å². The zero-order valence-electron chi connectivity index (χ0n) is 15.1. The Morgan fingerprint density at radius 3 is 2.16 bits per heavy atom. The first-order valence-electron chi connectivity index (χ1n) is 8.61. The average Bonchev–Trinajstić information content (AvgIpc) is 2.64. The van der Waals surface area contributed by atoms with E-state index in [-0.39, 0.29) is 18.4 Å². The third-order valence-electron chi connectivity index (χ3n) is 4.16. The summed E-state index contributed by atoms with van der Waals surface area (Å²) >= 11 is 0. The van der Waals surface area contributed by atoms with Gasteiger partial charge in [-0.25, -0.2) is 0 Å². The summed E-state index contributed by atoms with van der Waals surface area (Å²) in [6, 6.07) is 9.73. The summed E-state index contributed by atoms with van der Waals surface area (Å²) < 4.78 is 0. The molecule has 0 aliphatic rings. The Morgan fingerprint density at radius 1 is 1.04 bits per heavy atom. The van der Waals surface area contributed by atoms with Crippen molar-refractivity contribution >= 4 is 17.5 Å². The van der Waals surface area contributed by atoms with Gasteiger partial charge in [-0.05, 0) is 41.7 Å². The van der Waals surface area contributed by atoms with E-state index in [1.54, 1.807) is 17.3 Å². The first kappa shape index (κ1) is 18.6. The van der Waals surface area contributed by atoms with Crippen LogP contribution in [-0.2, 0) is 29.0 Å². The lowest BCUT2D eigenvalue weighted by Gasteiger charge is -2.26. The van der Waals surface area contributed by atoms with Crippen LogP contribution in [0.2, 0.25) is 0 Å². The Balaban J connectivity index is 2.16. The normalized spacial score (nSPS) is 10.4. The predicted octanol–water partition coefficient (Wildman–Crippen LogP) is 2.88. The predicted molar refractivity (Wildman–Crippen MR) is 99.3 cm³/mol. The van der Waals surface area contributed by atoms with E-state index in [4.69, 9.17) is 0 Å². The number of carbonyl (C=O) groups is 2. The molecule has 0 aliphatic carbocycles. The molecule has 0 spiro atoms. The van der Waals surface area contributed by atoms with Gasteiger partial charge in [-0.3, -0.25) is 14.6 Å². The number of benzene rings is 1. The summed E-state index contributed by atoms with van der Waals surface area (Å²) in [5, 5.41) is 2.87. The zero-order valence-corrected chi connectivity index (χ0v) is 15.1. The highest BCUT2D eigenvalue weighted by atomic mass is 16.2. The van der Waals surface area contributed by atoms with Crippen molar-refractivity contribution in [3.8, 4) is 0 Å². The smallest absolute Gasteiger partial charge is 0.240 e. The van der Waals surface area contributed by atoms with E-state index in [1.165, 1.54) is 6.92 Å².